The van der Waals surface area contributed by atoms with Gasteiger partial charge < -0.3 is 19.1 Å². The van der Waals surface area contributed by atoms with Gasteiger partial charge in [0.2, 0.25) is 0 Å². The van der Waals surface area contributed by atoms with E-state index in [1.807, 2.05) is 13.8 Å². The van der Waals surface area contributed by atoms with E-state index in [-0.39, 0.29) is 41.3 Å². The van der Waals surface area contributed by atoms with Crippen molar-refractivity contribution < 1.29 is 37.0 Å². The summed E-state index contributed by atoms with van der Waals surface area (Å²) in [4.78, 5) is 28.5. The zero-order chi connectivity index (χ0) is 28.9. The number of rotatable bonds is 8. The van der Waals surface area contributed by atoms with Gasteiger partial charge in [0, 0.05) is 25.2 Å². The van der Waals surface area contributed by atoms with Gasteiger partial charge in [-0.3, -0.25) is 9.69 Å². The standard InChI is InChI=1S/C30H43F3N2O5/c1-4-38-27(36)23-6-8-25(9-7-23)40-26-17-22(16-24(18-26)30(31,32)33)19-35-13-5-10-29(35)11-14-34(15-12-29)28(37)39-20-21(2)3/h16-18,21,23,25H,4-15,19-20H2,1-3H3. The summed E-state index contributed by atoms with van der Waals surface area (Å²) in [5, 5.41) is 0. The first-order chi connectivity index (χ1) is 19.0. The summed E-state index contributed by atoms with van der Waals surface area (Å²) >= 11 is 0. The highest BCUT2D eigenvalue weighted by Gasteiger charge is 2.44. The molecule has 3 aliphatic rings. The van der Waals surface area contributed by atoms with Crippen molar-refractivity contribution in [1.82, 2.24) is 9.80 Å². The number of carbonyl (C=O) groups excluding carboxylic acids is 2. The van der Waals surface area contributed by atoms with E-state index >= 15 is 0 Å². The first-order valence-electron chi connectivity index (χ1n) is 14.7. The Hall–Kier alpha value is -2.49. The average Bonchev–Trinajstić information content (AvgIpc) is 3.28. The van der Waals surface area contributed by atoms with Crippen LogP contribution in [-0.2, 0) is 27.0 Å². The van der Waals surface area contributed by atoms with Crippen molar-refractivity contribution in [3.05, 3.63) is 29.3 Å². The van der Waals surface area contributed by atoms with Crippen molar-refractivity contribution in [2.45, 2.75) is 96.5 Å². The lowest BCUT2D eigenvalue weighted by molar-refractivity contribution is -0.149. The highest BCUT2D eigenvalue weighted by molar-refractivity contribution is 5.72. The number of hydrogen-bond acceptors (Lipinski definition) is 6. The molecule has 0 unspecified atom stereocenters. The van der Waals surface area contributed by atoms with Crippen molar-refractivity contribution in [3.8, 4) is 5.75 Å². The third-order valence-electron chi connectivity index (χ3n) is 8.50. The van der Waals surface area contributed by atoms with Crippen molar-refractivity contribution in [2.24, 2.45) is 11.8 Å². The summed E-state index contributed by atoms with van der Waals surface area (Å²) < 4.78 is 58.2. The molecular weight excluding hydrogens is 525 g/mol. The number of esters is 1. The Kier molecular flexibility index (Phi) is 9.90. The van der Waals surface area contributed by atoms with Crippen LogP contribution >= 0.6 is 0 Å². The number of ether oxygens (including phenoxy) is 3. The molecule has 0 N–H and O–H groups in total. The van der Waals surface area contributed by atoms with Gasteiger partial charge in [0.15, 0.2) is 0 Å². The lowest BCUT2D eigenvalue weighted by Crippen LogP contribution is -2.53. The molecule has 2 heterocycles. The molecule has 0 atom stereocenters. The first-order valence-corrected chi connectivity index (χ1v) is 14.7. The van der Waals surface area contributed by atoms with Gasteiger partial charge in [-0.2, -0.15) is 13.2 Å². The normalized spacial score (nSPS) is 23.4. The van der Waals surface area contributed by atoms with Gasteiger partial charge in [-0.25, -0.2) is 4.79 Å². The maximum absolute atomic E-state index is 13.9. The minimum absolute atomic E-state index is 0.129. The molecule has 1 aromatic rings. The third-order valence-corrected chi connectivity index (χ3v) is 8.50. The van der Waals surface area contributed by atoms with Gasteiger partial charge >= 0.3 is 18.2 Å². The van der Waals surface area contributed by atoms with Crippen molar-refractivity contribution in [3.63, 3.8) is 0 Å². The van der Waals surface area contributed by atoms with Crippen LogP contribution in [0.4, 0.5) is 18.0 Å². The van der Waals surface area contributed by atoms with Gasteiger partial charge in [0.25, 0.3) is 0 Å². The maximum Gasteiger partial charge on any atom is 0.416 e. The van der Waals surface area contributed by atoms with Gasteiger partial charge in [0.1, 0.15) is 5.75 Å². The van der Waals surface area contributed by atoms with Crippen molar-refractivity contribution in [2.75, 3.05) is 32.8 Å². The quantitative estimate of drug-likeness (QED) is 0.337. The lowest BCUT2D eigenvalue weighted by Gasteiger charge is -2.45. The number of piperidine rings is 1. The maximum atomic E-state index is 13.9. The van der Waals surface area contributed by atoms with Gasteiger partial charge in [-0.15, -0.1) is 0 Å². The van der Waals surface area contributed by atoms with E-state index in [4.69, 9.17) is 14.2 Å². The van der Waals surface area contributed by atoms with Crippen LogP contribution in [0.15, 0.2) is 18.2 Å². The van der Waals surface area contributed by atoms with Crippen LogP contribution in [0.3, 0.4) is 0 Å². The molecule has 224 valence electrons. The second-order valence-corrected chi connectivity index (χ2v) is 11.9. The summed E-state index contributed by atoms with van der Waals surface area (Å²) in [5.74, 6) is 0.110. The van der Waals surface area contributed by atoms with Crippen molar-refractivity contribution in [1.29, 1.82) is 0 Å². The first kappa shape index (κ1) is 30.5. The van der Waals surface area contributed by atoms with Crippen LogP contribution in [0.25, 0.3) is 0 Å². The van der Waals surface area contributed by atoms with E-state index in [1.165, 1.54) is 6.07 Å². The Bertz CT molecular complexity index is 1020. The number of likely N-dealkylation sites (tertiary alicyclic amines) is 2. The van der Waals surface area contributed by atoms with E-state index in [0.717, 1.165) is 38.3 Å². The molecule has 10 heteroatoms. The number of amides is 1. The second-order valence-electron chi connectivity index (χ2n) is 11.9. The number of halogens is 3. The molecule has 2 saturated heterocycles. The van der Waals surface area contributed by atoms with Crippen LogP contribution in [0.1, 0.15) is 83.3 Å². The SMILES string of the molecule is CCOC(=O)C1CCC(Oc2cc(CN3CCCC34CCN(C(=O)OCC(C)C)CC4)cc(C(F)(F)F)c2)CC1. The number of carbonyl (C=O) groups is 2. The van der Waals surface area contributed by atoms with Crippen LogP contribution in [0, 0.1) is 11.8 Å². The highest BCUT2D eigenvalue weighted by atomic mass is 19.4. The topological polar surface area (TPSA) is 68.3 Å². The summed E-state index contributed by atoms with van der Waals surface area (Å²) in [6.45, 7) is 8.86. The lowest BCUT2D eigenvalue weighted by atomic mass is 9.85. The monoisotopic (exact) mass is 568 g/mol. The minimum atomic E-state index is -4.49. The second kappa shape index (κ2) is 13.0. The van der Waals surface area contributed by atoms with E-state index in [1.54, 1.807) is 17.9 Å². The fourth-order valence-corrected chi connectivity index (χ4v) is 6.32. The van der Waals surface area contributed by atoms with Gasteiger partial charge in [-0.1, -0.05) is 13.8 Å². The molecule has 1 aliphatic carbocycles. The van der Waals surface area contributed by atoms with E-state index in [9.17, 15) is 22.8 Å². The Balaban J connectivity index is 1.41. The highest BCUT2D eigenvalue weighted by Crippen LogP contribution is 2.41. The molecule has 1 spiro atoms. The number of hydrogen-bond donors (Lipinski definition) is 0. The number of alkyl halides is 3. The fraction of sp³-hybridized carbons (Fsp3) is 0.733. The largest absolute Gasteiger partial charge is 0.490 e. The zero-order valence-electron chi connectivity index (χ0n) is 23.9. The fourth-order valence-electron chi connectivity index (χ4n) is 6.32. The third kappa shape index (κ3) is 7.62. The molecule has 1 amide bonds. The van der Waals surface area contributed by atoms with Crippen LogP contribution < -0.4 is 4.74 Å². The zero-order valence-corrected chi connectivity index (χ0v) is 23.9. The molecule has 0 radical (unpaired) electrons. The average molecular weight is 569 g/mol. The van der Waals surface area contributed by atoms with Gasteiger partial charge in [0.05, 0.1) is 30.8 Å². The van der Waals surface area contributed by atoms with Gasteiger partial charge in [-0.05, 0) is 94.5 Å². The molecule has 1 aromatic carbocycles. The van der Waals surface area contributed by atoms with Crippen LogP contribution in [-0.4, -0.2) is 66.4 Å². The molecule has 1 saturated carbocycles. The van der Waals surface area contributed by atoms with Crippen molar-refractivity contribution >= 4 is 12.1 Å². The smallest absolute Gasteiger partial charge is 0.416 e. The molecule has 4 rings (SSSR count). The molecule has 7 nitrogen and oxygen atoms in total. The Morgan fingerprint density at radius 3 is 2.33 bits per heavy atom. The molecule has 0 bridgehead atoms. The van der Waals surface area contributed by atoms with E-state index in [0.29, 0.717) is 64.1 Å². The summed E-state index contributed by atoms with van der Waals surface area (Å²) in [5.41, 5.74) is -0.267. The van der Waals surface area contributed by atoms with Crippen LogP contribution in [0.5, 0.6) is 5.75 Å². The Labute approximate surface area is 235 Å². The Morgan fingerprint density at radius 2 is 1.70 bits per heavy atom. The van der Waals surface area contributed by atoms with E-state index < -0.39 is 11.7 Å². The Morgan fingerprint density at radius 1 is 1.00 bits per heavy atom. The molecule has 40 heavy (non-hydrogen) atoms. The molecule has 2 aliphatic heterocycles. The summed E-state index contributed by atoms with van der Waals surface area (Å²) in [6.07, 6.45) is 0.884. The summed E-state index contributed by atoms with van der Waals surface area (Å²) in [6, 6.07) is 4.05. The number of nitrogens with zero attached hydrogens (tertiary/aromatic N) is 2. The predicted molar refractivity (Wildman–Crippen MR) is 144 cm³/mol. The summed E-state index contributed by atoms with van der Waals surface area (Å²) in [7, 11) is 0. The molecule has 3 fully saturated rings. The molecule has 0 aromatic heterocycles. The molecular formula is C30H43F3N2O5. The van der Waals surface area contributed by atoms with E-state index in [2.05, 4.69) is 4.90 Å². The van der Waals surface area contributed by atoms with Crippen LogP contribution in [0.2, 0.25) is 0 Å². The predicted octanol–water partition coefficient (Wildman–Crippen LogP) is 6.43. The number of benzene rings is 1. The minimum Gasteiger partial charge on any atom is -0.490 e.